The Balaban J connectivity index is 1.26. The highest BCUT2D eigenvalue weighted by molar-refractivity contribution is 5.94. The predicted molar refractivity (Wildman–Crippen MR) is 123 cm³/mol. The van der Waals surface area contributed by atoms with Gasteiger partial charge in [-0.2, -0.15) is 0 Å². The zero-order valence-electron chi connectivity index (χ0n) is 18.7. The number of hydrogen-bond acceptors (Lipinski definition) is 5. The molecule has 0 unspecified atom stereocenters. The molecule has 172 valence electrons. The highest BCUT2D eigenvalue weighted by Crippen LogP contribution is 2.29. The van der Waals surface area contributed by atoms with Gasteiger partial charge in [0.15, 0.2) is 11.5 Å². The average Bonchev–Trinajstić information content (AvgIpc) is 3.41. The van der Waals surface area contributed by atoms with Crippen LogP contribution in [-0.2, 0) is 17.9 Å². The number of piperidine rings is 1. The van der Waals surface area contributed by atoms with Gasteiger partial charge in [-0.05, 0) is 42.2 Å². The number of carbonyl (C=O) groups is 2. The van der Waals surface area contributed by atoms with E-state index in [1.807, 2.05) is 48.5 Å². The van der Waals surface area contributed by atoms with E-state index in [0.717, 1.165) is 11.1 Å². The molecule has 4 rings (SSSR count). The predicted octanol–water partition coefficient (Wildman–Crippen LogP) is 4.04. The van der Waals surface area contributed by atoms with Gasteiger partial charge in [0.05, 0.1) is 18.9 Å². The maximum Gasteiger partial charge on any atom is 0.257 e. The van der Waals surface area contributed by atoms with Crippen LogP contribution in [0.1, 0.15) is 34.3 Å². The van der Waals surface area contributed by atoms with E-state index in [2.05, 4.69) is 5.32 Å². The Morgan fingerprint density at radius 1 is 1.03 bits per heavy atom. The molecule has 1 aliphatic rings. The highest BCUT2D eigenvalue weighted by Gasteiger charge is 2.28. The van der Waals surface area contributed by atoms with Crippen LogP contribution in [0.25, 0.3) is 0 Å². The van der Waals surface area contributed by atoms with Crippen molar-refractivity contribution in [3.05, 3.63) is 83.8 Å². The molecular formula is C26H28N2O5. The molecular weight excluding hydrogens is 420 g/mol. The van der Waals surface area contributed by atoms with Crippen molar-refractivity contribution >= 4 is 11.8 Å². The smallest absolute Gasteiger partial charge is 0.257 e. The maximum atomic E-state index is 12.7. The number of amides is 2. The lowest BCUT2D eigenvalue weighted by molar-refractivity contribution is -0.126. The Bertz CT molecular complexity index is 1060. The van der Waals surface area contributed by atoms with Gasteiger partial charge in [0.1, 0.15) is 12.9 Å². The van der Waals surface area contributed by atoms with E-state index in [-0.39, 0.29) is 17.7 Å². The molecule has 1 aliphatic heterocycles. The van der Waals surface area contributed by atoms with Crippen LogP contribution in [0.5, 0.6) is 11.5 Å². The third-order valence-electron chi connectivity index (χ3n) is 5.85. The van der Waals surface area contributed by atoms with Crippen molar-refractivity contribution in [3.8, 4) is 11.5 Å². The SMILES string of the molecule is COc1cc(CNC(=O)C2CCN(C(=O)c3ccoc3)CC2)ccc1OCc1ccccc1. The minimum Gasteiger partial charge on any atom is -0.493 e. The van der Waals surface area contributed by atoms with Crippen molar-refractivity contribution in [1.82, 2.24) is 10.2 Å². The number of nitrogens with one attached hydrogen (secondary N) is 1. The molecule has 0 atom stereocenters. The third kappa shape index (κ3) is 5.74. The number of nitrogens with zero attached hydrogens (tertiary/aromatic N) is 1. The number of rotatable bonds is 8. The lowest BCUT2D eigenvalue weighted by Gasteiger charge is -2.31. The van der Waals surface area contributed by atoms with E-state index in [1.165, 1.54) is 12.5 Å². The van der Waals surface area contributed by atoms with Crippen LogP contribution in [0.15, 0.2) is 71.5 Å². The topological polar surface area (TPSA) is 81.0 Å². The summed E-state index contributed by atoms with van der Waals surface area (Å²) in [6.07, 6.45) is 4.23. The van der Waals surface area contributed by atoms with Crippen LogP contribution in [-0.4, -0.2) is 36.9 Å². The first-order valence-electron chi connectivity index (χ1n) is 11.1. The van der Waals surface area contributed by atoms with Crippen LogP contribution in [0.2, 0.25) is 0 Å². The van der Waals surface area contributed by atoms with Gasteiger partial charge in [-0.15, -0.1) is 0 Å². The van der Waals surface area contributed by atoms with Crippen molar-refractivity contribution in [2.24, 2.45) is 5.92 Å². The number of carbonyl (C=O) groups excluding carboxylic acids is 2. The van der Waals surface area contributed by atoms with Gasteiger partial charge in [0, 0.05) is 25.6 Å². The summed E-state index contributed by atoms with van der Waals surface area (Å²) >= 11 is 0. The van der Waals surface area contributed by atoms with Crippen LogP contribution in [0, 0.1) is 5.92 Å². The molecule has 0 aliphatic carbocycles. The van der Waals surface area contributed by atoms with Crippen LogP contribution >= 0.6 is 0 Å². The van der Waals surface area contributed by atoms with E-state index in [0.29, 0.717) is 56.1 Å². The molecule has 0 saturated carbocycles. The summed E-state index contributed by atoms with van der Waals surface area (Å²) in [6.45, 7) is 1.98. The van der Waals surface area contributed by atoms with Crippen molar-refractivity contribution in [1.29, 1.82) is 0 Å². The zero-order chi connectivity index (χ0) is 23.0. The Hall–Kier alpha value is -3.74. The Labute approximate surface area is 193 Å². The standard InChI is InChI=1S/C26H28N2O5/c1-31-24-15-20(7-8-23(24)33-17-19-5-3-2-4-6-19)16-27-25(29)21-9-12-28(13-10-21)26(30)22-11-14-32-18-22/h2-8,11,14-15,18,21H,9-10,12-13,16-17H2,1H3,(H,27,29). The molecule has 7 heteroatoms. The monoisotopic (exact) mass is 448 g/mol. The van der Waals surface area contributed by atoms with E-state index >= 15 is 0 Å². The summed E-state index contributed by atoms with van der Waals surface area (Å²) in [7, 11) is 1.60. The van der Waals surface area contributed by atoms with E-state index in [9.17, 15) is 9.59 Å². The molecule has 0 radical (unpaired) electrons. The highest BCUT2D eigenvalue weighted by atomic mass is 16.5. The molecule has 1 saturated heterocycles. The normalized spacial score (nSPS) is 14.0. The first kappa shape index (κ1) is 22.5. The number of ether oxygens (including phenoxy) is 2. The van der Waals surface area contributed by atoms with Crippen molar-refractivity contribution in [2.45, 2.75) is 26.0 Å². The molecule has 0 bridgehead atoms. The molecule has 3 aromatic rings. The first-order valence-corrected chi connectivity index (χ1v) is 11.1. The minimum absolute atomic E-state index is 0.00813. The molecule has 2 heterocycles. The lowest BCUT2D eigenvalue weighted by Crippen LogP contribution is -2.42. The van der Waals surface area contributed by atoms with Crippen LogP contribution < -0.4 is 14.8 Å². The number of benzene rings is 2. The van der Waals surface area contributed by atoms with Gasteiger partial charge in [-0.1, -0.05) is 36.4 Å². The summed E-state index contributed by atoms with van der Waals surface area (Å²) in [4.78, 5) is 26.8. The molecule has 1 fully saturated rings. The zero-order valence-corrected chi connectivity index (χ0v) is 18.7. The van der Waals surface area contributed by atoms with Gasteiger partial charge in [-0.25, -0.2) is 0 Å². The second kappa shape index (κ2) is 10.7. The van der Waals surface area contributed by atoms with Gasteiger partial charge < -0.3 is 24.1 Å². The Morgan fingerprint density at radius 2 is 1.82 bits per heavy atom. The van der Waals surface area contributed by atoms with Crippen molar-refractivity contribution in [2.75, 3.05) is 20.2 Å². The van der Waals surface area contributed by atoms with Gasteiger partial charge in [-0.3, -0.25) is 9.59 Å². The van der Waals surface area contributed by atoms with Crippen LogP contribution in [0.4, 0.5) is 0 Å². The molecule has 0 spiro atoms. The molecule has 7 nitrogen and oxygen atoms in total. The van der Waals surface area contributed by atoms with Crippen molar-refractivity contribution in [3.63, 3.8) is 0 Å². The molecule has 2 amide bonds. The fraction of sp³-hybridized carbons (Fsp3) is 0.308. The van der Waals surface area contributed by atoms with E-state index in [1.54, 1.807) is 18.1 Å². The Morgan fingerprint density at radius 3 is 2.52 bits per heavy atom. The van der Waals surface area contributed by atoms with Gasteiger partial charge in [0.25, 0.3) is 5.91 Å². The maximum absolute atomic E-state index is 12.7. The molecule has 1 aromatic heterocycles. The number of methoxy groups -OCH3 is 1. The van der Waals surface area contributed by atoms with Crippen molar-refractivity contribution < 1.29 is 23.5 Å². The summed E-state index contributed by atoms with van der Waals surface area (Å²) < 4.78 is 16.4. The molecule has 33 heavy (non-hydrogen) atoms. The van der Waals surface area contributed by atoms with E-state index < -0.39 is 0 Å². The minimum atomic E-state index is -0.103. The average molecular weight is 449 g/mol. The summed E-state index contributed by atoms with van der Waals surface area (Å²) in [6, 6.07) is 17.3. The number of furan rings is 1. The van der Waals surface area contributed by atoms with Gasteiger partial charge >= 0.3 is 0 Å². The fourth-order valence-electron chi connectivity index (χ4n) is 3.92. The summed E-state index contributed by atoms with van der Waals surface area (Å²) in [5, 5.41) is 3.02. The molecule has 1 N–H and O–H groups in total. The Kier molecular flexibility index (Phi) is 7.29. The second-order valence-electron chi connectivity index (χ2n) is 8.06. The number of likely N-dealkylation sites (tertiary alicyclic amines) is 1. The largest absolute Gasteiger partial charge is 0.493 e. The third-order valence-corrected chi connectivity index (χ3v) is 5.85. The fourth-order valence-corrected chi connectivity index (χ4v) is 3.92. The summed E-state index contributed by atoms with van der Waals surface area (Å²) in [5.41, 5.74) is 2.55. The number of hydrogen-bond donors (Lipinski definition) is 1. The second-order valence-corrected chi connectivity index (χ2v) is 8.06. The first-order chi connectivity index (χ1) is 16.1. The quantitative estimate of drug-likeness (QED) is 0.563. The van der Waals surface area contributed by atoms with Crippen LogP contribution in [0.3, 0.4) is 0 Å². The summed E-state index contributed by atoms with van der Waals surface area (Å²) in [5.74, 6) is 1.14. The lowest BCUT2D eigenvalue weighted by atomic mass is 9.95. The van der Waals surface area contributed by atoms with E-state index in [4.69, 9.17) is 13.9 Å². The molecule has 2 aromatic carbocycles. The van der Waals surface area contributed by atoms with Gasteiger partial charge in [0.2, 0.25) is 5.91 Å².